The second kappa shape index (κ2) is 6.86. The maximum atomic E-state index is 13.9. The Morgan fingerprint density at radius 3 is 2.88 bits per heavy atom. The van der Waals surface area contributed by atoms with Gasteiger partial charge in [-0.15, -0.1) is 23.1 Å². The van der Waals surface area contributed by atoms with Crippen LogP contribution in [0.1, 0.15) is 34.0 Å². The van der Waals surface area contributed by atoms with Crippen LogP contribution in [0, 0.1) is 19.7 Å². The second-order valence-corrected chi connectivity index (χ2v) is 8.51. The Bertz CT molecular complexity index is 947. The summed E-state index contributed by atoms with van der Waals surface area (Å²) in [5, 5.41) is 0.993. The van der Waals surface area contributed by atoms with Gasteiger partial charge in [0, 0.05) is 21.2 Å². The lowest BCUT2D eigenvalue weighted by Gasteiger charge is -2.12. The maximum absolute atomic E-state index is 13.9. The molecule has 0 spiro atoms. The molecule has 24 heavy (non-hydrogen) atoms. The lowest BCUT2D eigenvalue weighted by Crippen LogP contribution is -2.12. The van der Waals surface area contributed by atoms with Crippen LogP contribution in [-0.2, 0) is 5.75 Å². The molecule has 1 aromatic carbocycles. The number of nitrogens with one attached hydrogen (secondary N) is 1. The number of aromatic nitrogens is 2. The summed E-state index contributed by atoms with van der Waals surface area (Å²) in [7, 11) is 0. The molecular weight excluding hydrogens is 367 g/mol. The van der Waals surface area contributed by atoms with E-state index in [-0.39, 0.29) is 16.6 Å². The van der Waals surface area contributed by atoms with Crippen molar-refractivity contribution < 1.29 is 4.39 Å². The Morgan fingerprint density at radius 2 is 2.17 bits per heavy atom. The first-order chi connectivity index (χ1) is 11.4. The van der Waals surface area contributed by atoms with E-state index in [9.17, 15) is 9.18 Å². The number of H-pyrrole nitrogens is 1. The summed E-state index contributed by atoms with van der Waals surface area (Å²) in [6.07, 6.45) is 0. The first-order valence-corrected chi connectivity index (χ1v) is 9.67. The summed E-state index contributed by atoms with van der Waals surface area (Å²) in [5.41, 5.74) is 1.34. The first kappa shape index (κ1) is 17.5. The third kappa shape index (κ3) is 3.23. The van der Waals surface area contributed by atoms with Gasteiger partial charge in [0.1, 0.15) is 16.5 Å². The van der Waals surface area contributed by atoms with E-state index in [1.54, 1.807) is 12.1 Å². The molecule has 1 unspecified atom stereocenters. The van der Waals surface area contributed by atoms with Crippen molar-refractivity contribution in [3.63, 3.8) is 0 Å². The predicted molar refractivity (Wildman–Crippen MR) is 101 cm³/mol. The summed E-state index contributed by atoms with van der Waals surface area (Å²) < 4.78 is 13.9. The van der Waals surface area contributed by atoms with Gasteiger partial charge >= 0.3 is 0 Å². The van der Waals surface area contributed by atoms with E-state index < -0.39 is 0 Å². The molecule has 0 aliphatic carbocycles. The number of thiophene rings is 1. The molecule has 0 radical (unpaired) electrons. The summed E-state index contributed by atoms with van der Waals surface area (Å²) in [6, 6.07) is 4.66. The molecule has 3 aromatic rings. The molecule has 2 aromatic heterocycles. The fourth-order valence-electron chi connectivity index (χ4n) is 2.42. The molecule has 0 aliphatic rings. The van der Waals surface area contributed by atoms with Crippen LogP contribution in [0.4, 0.5) is 4.39 Å². The zero-order valence-corrected chi connectivity index (χ0v) is 15.8. The van der Waals surface area contributed by atoms with Crippen molar-refractivity contribution in [2.75, 3.05) is 0 Å². The van der Waals surface area contributed by atoms with Gasteiger partial charge in [-0.2, -0.15) is 0 Å². The Morgan fingerprint density at radius 1 is 1.42 bits per heavy atom. The van der Waals surface area contributed by atoms with Crippen molar-refractivity contribution in [3.8, 4) is 0 Å². The van der Waals surface area contributed by atoms with E-state index in [0.717, 1.165) is 15.3 Å². The lowest BCUT2D eigenvalue weighted by molar-refractivity contribution is 0.617. The lowest BCUT2D eigenvalue weighted by atomic mass is 10.2. The first-order valence-electron chi connectivity index (χ1n) is 7.43. The molecule has 0 bridgehead atoms. The molecule has 2 heterocycles. The zero-order valence-electron chi connectivity index (χ0n) is 13.4. The van der Waals surface area contributed by atoms with Crippen molar-refractivity contribution in [3.05, 3.63) is 61.2 Å². The van der Waals surface area contributed by atoms with Crippen LogP contribution in [0.3, 0.4) is 0 Å². The van der Waals surface area contributed by atoms with Crippen molar-refractivity contribution in [2.24, 2.45) is 0 Å². The third-order valence-corrected chi connectivity index (χ3v) is 6.62. The number of halogens is 2. The number of thioether (sulfide) groups is 1. The largest absolute Gasteiger partial charge is 0.309 e. The number of nitrogens with zero attached hydrogens (tertiary/aromatic N) is 1. The molecule has 3 nitrogen and oxygen atoms in total. The minimum Gasteiger partial charge on any atom is -0.309 e. The topological polar surface area (TPSA) is 45.8 Å². The fourth-order valence-corrected chi connectivity index (χ4v) is 4.75. The zero-order chi connectivity index (χ0) is 17.4. The van der Waals surface area contributed by atoms with Crippen molar-refractivity contribution in [1.82, 2.24) is 9.97 Å². The Kier molecular flexibility index (Phi) is 4.99. The van der Waals surface area contributed by atoms with Gasteiger partial charge in [0.15, 0.2) is 0 Å². The van der Waals surface area contributed by atoms with E-state index in [0.29, 0.717) is 27.5 Å². The predicted octanol–water partition coefficient (Wildman–Crippen LogP) is 5.39. The van der Waals surface area contributed by atoms with Gasteiger partial charge < -0.3 is 4.98 Å². The standard InChI is InChI=1S/C17H16ClFN2OS2/c1-8-9(2)24-17-14(8)16(22)20-15(21-17)10(3)23-7-11-12(18)5-4-6-13(11)19/h4-6,10H,7H2,1-3H3,(H,20,21,22). The average molecular weight is 383 g/mol. The highest BCUT2D eigenvalue weighted by molar-refractivity contribution is 7.98. The molecule has 0 fully saturated rings. The minimum absolute atomic E-state index is 0.0829. The number of hydrogen-bond acceptors (Lipinski definition) is 4. The summed E-state index contributed by atoms with van der Waals surface area (Å²) in [4.78, 5) is 21.6. The van der Waals surface area contributed by atoms with Crippen LogP contribution in [0.2, 0.25) is 5.02 Å². The number of benzene rings is 1. The number of fused-ring (bicyclic) bond motifs is 1. The fraction of sp³-hybridized carbons (Fsp3) is 0.294. The van der Waals surface area contributed by atoms with Crippen LogP contribution in [-0.4, -0.2) is 9.97 Å². The molecule has 0 aliphatic heterocycles. The van der Waals surface area contributed by atoms with Gasteiger partial charge in [-0.3, -0.25) is 4.79 Å². The van der Waals surface area contributed by atoms with Crippen LogP contribution in [0.15, 0.2) is 23.0 Å². The highest BCUT2D eigenvalue weighted by Crippen LogP contribution is 2.33. The van der Waals surface area contributed by atoms with Crippen molar-refractivity contribution in [1.29, 1.82) is 0 Å². The molecule has 0 amide bonds. The minimum atomic E-state index is -0.316. The van der Waals surface area contributed by atoms with Gasteiger partial charge in [0.2, 0.25) is 0 Å². The normalized spacial score (nSPS) is 12.7. The van der Waals surface area contributed by atoms with E-state index in [1.165, 1.54) is 29.2 Å². The molecule has 126 valence electrons. The number of rotatable bonds is 4. The number of aromatic amines is 1. The molecule has 3 rings (SSSR count). The van der Waals surface area contributed by atoms with Crippen LogP contribution >= 0.6 is 34.7 Å². The summed E-state index contributed by atoms with van der Waals surface area (Å²) in [5.74, 6) is 0.700. The molecule has 0 saturated heterocycles. The van der Waals surface area contributed by atoms with E-state index >= 15 is 0 Å². The Labute approximate surface area is 152 Å². The van der Waals surface area contributed by atoms with Crippen LogP contribution in [0.25, 0.3) is 10.2 Å². The summed E-state index contributed by atoms with van der Waals surface area (Å²) >= 11 is 9.07. The van der Waals surface area contributed by atoms with Crippen LogP contribution < -0.4 is 5.56 Å². The Balaban J connectivity index is 1.86. The molecule has 7 heteroatoms. The molecule has 1 N–H and O–H groups in total. The highest BCUT2D eigenvalue weighted by atomic mass is 35.5. The van der Waals surface area contributed by atoms with E-state index in [1.807, 2.05) is 20.8 Å². The van der Waals surface area contributed by atoms with Gasteiger partial charge in [-0.05, 0) is 38.5 Å². The SMILES string of the molecule is Cc1sc2nc(C(C)SCc3c(F)cccc3Cl)[nH]c(=O)c2c1C. The van der Waals surface area contributed by atoms with E-state index in [4.69, 9.17) is 11.6 Å². The average Bonchev–Trinajstić information content (AvgIpc) is 2.81. The second-order valence-electron chi connectivity index (χ2n) is 5.57. The van der Waals surface area contributed by atoms with Gasteiger partial charge in [0.25, 0.3) is 5.56 Å². The van der Waals surface area contributed by atoms with Crippen molar-refractivity contribution in [2.45, 2.75) is 31.8 Å². The molecule has 1 atom stereocenters. The molecule has 0 saturated carbocycles. The summed E-state index contributed by atoms with van der Waals surface area (Å²) in [6.45, 7) is 5.86. The van der Waals surface area contributed by atoms with E-state index in [2.05, 4.69) is 9.97 Å². The Hall–Kier alpha value is -1.37. The van der Waals surface area contributed by atoms with Gasteiger partial charge in [0.05, 0.1) is 10.6 Å². The van der Waals surface area contributed by atoms with Gasteiger partial charge in [-0.1, -0.05) is 17.7 Å². The molecular formula is C17H16ClFN2OS2. The number of hydrogen-bond donors (Lipinski definition) is 1. The maximum Gasteiger partial charge on any atom is 0.259 e. The van der Waals surface area contributed by atoms with Gasteiger partial charge in [-0.25, -0.2) is 9.37 Å². The van der Waals surface area contributed by atoms with Crippen LogP contribution in [0.5, 0.6) is 0 Å². The highest BCUT2D eigenvalue weighted by Gasteiger charge is 2.17. The monoisotopic (exact) mass is 382 g/mol. The smallest absolute Gasteiger partial charge is 0.259 e. The van der Waals surface area contributed by atoms with Crippen molar-refractivity contribution >= 4 is 44.9 Å². The third-order valence-electron chi connectivity index (χ3n) is 3.98. The quantitative estimate of drug-likeness (QED) is 0.658. The number of aryl methyl sites for hydroxylation is 2.